The maximum atomic E-state index is 13.1. The number of carbonyl (C=O) groups excluding carboxylic acids is 2. The molecule has 18 heavy (non-hydrogen) atoms. The van der Waals surface area contributed by atoms with Crippen molar-refractivity contribution in [3.63, 3.8) is 0 Å². The van der Waals surface area contributed by atoms with Gasteiger partial charge < -0.3 is 16.4 Å². The zero-order chi connectivity index (χ0) is 13.9. The zero-order valence-corrected chi connectivity index (χ0v) is 10.3. The molecule has 0 unspecified atom stereocenters. The maximum Gasteiger partial charge on any atom is 0.256 e. The third-order valence-corrected chi connectivity index (χ3v) is 2.46. The van der Waals surface area contributed by atoms with Crippen LogP contribution in [0.3, 0.4) is 0 Å². The zero-order valence-electron chi connectivity index (χ0n) is 10.3. The Morgan fingerprint density at radius 3 is 2.50 bits per heavy atom. The second-order valence-electron chi connectivity index (χ2n) is 4.22. The molecule has 0 aliphatic carbocycles. The summed E-state index contributed by atoms with van der Waals surface area (Å²) in [5.41, 5.74) is 10.9. The van der Waals surface area contributed by atoms with Gasteiger partial charge >= 0.3 is 0 Å². The van der Waals surface area contributed by atoms with E-state index in [0.717, 1.165) is 6.07 Å². The number of nitrogen functional groups attached to an aromatic ring is 1. The number of carbonyl (C=O) groups is 2. The Morgan fingerprint density at radius 2 is 2.00 bits per heavy atom. The SMILES string of the molecule is CC(C)N(CC(N)=O)C(=O)c1cc(F)ccc1N. The Balaban J connectivity index is 3.09. The van der Waals surface area contributed by atoms with Crippen LogP contribution < -0.4 is 11.5 Å². The number of amides is 2. The normalized spacial score (nSPS) is 10.4. The smallest absolute Gasteiger partial charge is 0.256 e. The first-order chi connectivity index (χ1) is 8.32. The summed E-state index contributed by atoms with van der Waals surface area (Å²) in [7, 11) is 0. The van der Waals surface area contributed by atoms with Crippen molar-refractivity contribution >= 4 is 17.5 Å². The molecule has 4 N–H and O–H groups in total. The van der Waals surface area contributed by atoms with Crippen LogP contribution in [0.5, 0.6) is 0 Å². The molecule has 0 fully saturated rings. The molecular formula is C12H16FN3O2. The van der Waals surface area contributed by atoms with Crippen LogP contribution in [-0.2, 0) is 4.79 Å². The molecule has 1 aromatic carbocycles. The van der Waals surface area contributed by atoms with Gasteiger partial charge in [0.1, 0.15) is 5.82 Å². The highest BCUT2D eigenvalue weighted by atomic mass is 19.1. The molecule has 0 saturated carbocycles. The molecule has 1 aromatic rings. The fourth-order valence-electron chi connectivity index (χ4n) is 1.53. The van der Waals surface area contributed by atoms with Gasteiger partial charge in [-0.25, -0.2) is 4.39 Å². The average molecular weight is 253 g/mol. The summed E-state index contributed by atoms with van der Waals surface area (Å²) in [6, 6.07) is 3.28. The summed E-state index contributed by atoms with van der Waals surface area (Å²) in [5, 5.41) is 0. The van der Waals surface area contributed by atoms with E-state index in [-0.39, 0.29) is 23.8 Å². The first-order valence-corrected chi connectivity index (χ1v) is 5.47. The van der Waals surface area contributed by atoms with Gasteiger partial charge in [-0.3, -0.25) is 9.59 Å². The van der Waals surface area contributed by atoms with Gasteiger partial charge in [-0.1, -0.05) is 0 Å². The molecule has 0 aliphatic rings. The molecule has 0 bridgehead atoms. The van der Waals surface area contributed by atoms with Crippen molar-refractivity contribution < 1.29 is 14.0 Å². The summed E-state index contributed by atoms with van der Waals surface area (Å²) in [6.07, 6.45) is 0. The minimum absolute atomic E-state index is 0.0324. The van der Waals surface area contributed by atoms with E-state index in [4.69, 9.17) is 11.5 Å². The molecule has 0 radical (unpaired) electrons. The van der Waals surface area contributed by atoms with E-state index < -0.39 is 17.6 Å². The van der Waals surface area contributed by atoms with Crippen LogP contribution in [0.25, 0.3) is 0 Å². The predicted molar refractivity (Wildman–Crippen MR) is 66.2 cm³/mol. The molecule has 0 saturated heterocycles. The van der Waals surface area contributed by atoms with Gasteiger partial charge in [0, 0.05) is 11.7 Å². The van der Waals surface area contributed by atoms with Crippen molar-refractivity contribution in [2.45, 2.75) is 19.9 Å². The van der Waals surface area contributed by atoms with Crippen molar-refractivity contribution in [1.82, 2.24) is 4.90 Å². The van der Waals surface area contributed by atoms with E-state index in [2.05, 4.69) is 0 Å². The quantitative estimate of drug-likeness (QED) is 0.776. The molecule has 0 atom stereocenters. The Labute approximate surface area is 105 Å². The van der Waals surface area contributed by atoms with Crippen LogP contribution in [0.15, 0.2) is 18.2 Å². The maximum absolute atomic E-state index is 13.1. The molecule has 0 spiro atoms. The van der Waals surface area contributed by atoms with E-state index >= 15 is 0 Å². The first kappa shape index (κ1) is 14.0. The lowest BCUT2D eigenvalue weighted by Gasteiger charge is -2.25. The molecular weight excluding hydrogens is 237 g/mol. The van der Waals surface area contributed by atoms with Gasteiger partial charge in [0.15, 0.2) is 0 Å². The molecule has 0 aliphatic heterocycles. The van der Waals surface area contributed by atoms with Gasteiger partial charge in [-0.15, -0.1) is 0 Å². The molecule has 0 aromatic heterocycles. The minimum Gasteiger partial charge on any atom is -0.398 e. The van der Waals surface area contributed by atoms with E-state index in [1.807, 2.05) is 0 Å². The lowest BCUT2D eigenvalue weighted by Crippen LogP contribution is -2.43. The number of benzene rings is 1. The second kappa shape index (κ2) is 5.48. The number of nitrogens with zero attached hydrogens (tertiary/aromatic N) is 1. The van der Waals surface area contributed by atoms with Crippen LogP contribution in [0.1, 0.15) is 24.2 Å². The highest BCUT2D eigenvalue weighted by Gasteiger charge is 2.22. The lowest BCUT2D eigenvalue weighted by atomic mass is 10.1. The number of primary amides is 1. The highest BCUT2D eigenvalue weighted by Crippen LogP contribution is 2.17. The Morgan fingerprint density at radius 1 is 1.39 bits per heavy atom. The molecule has 98 valence electrons. The second-order valence-corrected chi connectivity index (χ2v) is 4.22. The monoisotopic (exact) mass is 253 g/mol. The Hall–Kier alpha value is -2.11. The van der Waals surface area contributed by atoms with Crippen molar-refractivity contribution in [1.29, 1.82) is 0 Å². The lowest BCUT2D eigenvalue weighted by molar-refractivity contribution is -0.119. The fraction of sp³-hybridized carbons (Fsp3) is 0.333. The van der Waals surface area contributed by atoms with Gasteiger partial charge in [-0.05, 0) is 32.0 Å². The molecule has 1 rings (SSSR count). The standard InChI is InChI=1S/C12H16FN3O2/c1-7(2)16(6-11(15)17)12(18)9-5-8(13)3-4-10(9)14/h3-5,7H,6,14H2,1-2H3,(H2,15,17). The van der Waals surface area contributed by atoms with Gasteiger partial charge in [0.05, 0.1) is 12.1 Å². The molecule has 6 heteroatoms. The third-order valence-electron chi connectivity index (χ3n) is 2.46. The van der Waals surface area contributed by atoms with Crippen LogP contribution in [0, 0.1) is 5.82 Å². The summed E-state index contributed by atoms with van der Waals surface area (Å²) < 4.78 is 13.1. The van der Waals surface area contributed by atoms with E-state index in [1.165, 1.54) is 17.0 Å². The van der Waals surface area contributed by atoms with Crippen LogP contribution >= 0.6 is 0 Å². The molecule has 2 amide bonds. The highest BCUT2D eigenvalue weighted by molar-refractivity contribution is 6.00. The molecule has 5 nitrogen and oxygen atoms in total. The number of rotatable bonds is 4. The number of hydrogen-bond acceptors (Lipinski definition) is 3. The van der Waals surface area contributed by atoms with Gasteiger partial charge in [0.2, 0.25) is 5.91 Å². The summed E-state index contributed by atoms with van der Waals surface area (Å²) in [4.78, 5) is 24.3. The van der Waals surface area contributed by atoms with Crippen LogP contribution in [0.2, 0.25) is 0 Å². The molecule has 0 heterocycles. The van der Waals surface area contributed by atoms with Crippen LogP contribution in [0.4, 0.5) is 10.1 Å². The number of nitrogens with two attached hydrogens (primary N) is 2. The largest absolute Gasteiger partial charge is 0.398 e. The topological polar surface area (TPSA) is 89.4 Å². The van der Waals surface area contributed by atoms with Crippen molar-refractivity contribution in [2.24, 2.45) is 5.73 Å². The average Bonchev–Trinajstić information content (AvgIpc) is 2.27. The number of anilines is 1. The Bertz CT molecular complexity index is 474. The van der Waals surface area contributed by atoms with E-state index in [9.17, 15) is 14.0 Å². The van der Waals surface area contributed by atoms with E-state index in [0.29, 0.717) is 0 Å². The summed E-state index contributed by atoms with van der Waals surface area (Å²) in [6.45, 7) is 3.24. The van der Waals surface area contributed by atoms with Gasteiger partial charge in [-0.2, -0.15) is 0 Å². The van der Waals surface area contributed by atoms with E-state index in [1.54, 1.807) is 13.8 Å². The first-order valence-electron chi connectivity index (χ1n) is 5.47. The fourth-order valence-corrected chi connectivity index (χ4v) is 1.53. The summed E-state index contributed by atoms with van der Waals surface area (Å²) in [5.74, 6) is -1.71. The van der Waals surface area contributed by atoms with Crippen LogP contribution in [-0.4, -0.2) is 29.3 Å². The Kier molecular flexibility index (Phi) is 4.25. The minimum atomic E-state index is -0.632. The summed E-state index contributed by atoms with van der Waals surface area (Å²) >= 11 is 0. The number of halogens is 1. The van der Waals surface area contributed by atoms with Crippen molar-refractivity contribution in [3.8, 4) is 0 Å². The van der Waals surface area contributed by atoms with Crippen molar-refractivity contribution in [3.05, 3.63) is 29.6 Å². The predicted octanol–water partition coefficient (Wildman–Crippen LogP) is 0.744. The number of hydrogen-bond donors (Lipinski definition) is 2. The van der Waals surface area contributed by atoms with Gasteiger partial charge in [0.25, 0.3) is 5.91 Å². The third kappa shape index (κ3) is 3.19. The van der Waals surface area contributed by atoms with Crippen molar-refractivity contribution in [2.75, 3.05) is 12.3 Å².